The summed E-state index contributed by atoms with van der Waals surface area (Å²) >= 11 is 0. The summed E-state index contributed by atoms with van der Waals surface area (Å²) in [6, 6.07) is 4.32. The Hall–Kier alpha value is -2.05. The van der Waals surface area contributed by atoms with E-state index in [-0.39, 0.29) is 17.1 Å². The van der Waals surface area contributed by atoms with E-state index in [0.717, 1.165) is 13.1 Å². The van der Waals surface area contributed by atoms with Crippen LogP contribution >= 0.6 is 0 Å². The van der Waals surface area contributed by atoms with E-state index in [0.29, 0.717) is 30.7 Å². The molecule has 2 heterocycles. The van der Waals surface area contributed by atoms with Gasteiger partial charge < -0.3 is 19.4 Å². The summed E-state index contributed by atoms with van der Waals surface area (Å²) in [5, 5.41) is 19.5. The van der Waals surface area contributed by atoms with Crippen LogP contribution < -0.4 is 5.63 Å². The van der Waals surface area contributed by atoms with Gasteiger partial charge in [-0.2, -0.15) is 0 Å². The molecule has 0 radical (unpaired) electrons. The van der Waals surface area contributed by atoms with Crippen LogP contribution in [0.2, 0.25) is 0 Å². The highest BCUT2D eigenvalue weighted by Crippen LogP contribution is 2.29. The van der Waals surface area contributed by atoms with Gasteiger partial charge >= 0.3 is 5.63 Å². The van der Waals surface area contributed by atoms with Gasteiger partial charge in [0.2, 0.25) is 0 Å². The van der Waals surface area contributed by atoms with Crippen LogP contribution in [0.15, 0.2) is 27.4 Å². The Morgan fingerprint density at radius 1 is 1.10 bits per heavy atom. The highest BCUT2D eigenvalue weighted by Gasteiger charge is 2.15. The van der Waals surface area contributed by atoms with Gasteiger partial charge in [-0.15, -0.1) is 0 Å². The predicted octanol–water partition coefficient (Wildman–Crippen LogP) is 1.04. The van der Waals surface area contributed by atoms with Gasteiger partial charge in [-0.25, -0.2) is 4.79 Å². The molecule has 6 nitrogen and oxygen atoms in total. The monoisotopic (exact) mass is 277 g/mol. The topological polar surface area (TPSA) is 83.1 Å². The Balaban J connectivity index is 1.96. The molecular formula is C14H15NO5. The first kappa shape index (κ1) is 13.0. The SMILES string of the molecule is O=c1oc2cc(O)c(O)cc2cc1CN1CCOCC1. The number of aromatic hydroxyl groups is 2. The third-order valence-corrected chi connectivity index (χ3v) is 3.40. The van der Waals surface area contributed by atoms with Crippen molar-refractivity contribution in [3.05, 3.63) is 34.2 Å². The van der Waals surface area contributed by atoms with Gasteiger partial charge in [-0.1, -0.05) is 0 Å². The molecule has 1 aromatic heterocycles. The van der Waals surface area contributed by atoms with Crippen LogP contribution in [-0.2, 0) is 11.3 Å². The van der Waals surface area contributed by atoms with Gasteiger partial charge in [-0.05, 0) is 12.1 Å². The summed E-state index contributed by atoms with van der Waals surface area (Å²) in [6.07, 6.45) is 0. The number of hydrogen-bond acceptors (Lipinski definition) is 6. The number of rotatable bonds is 2. The van der Waals surface area contributed by atoms with Crippen molar-refractivity contribution in [3.63, 3.8) is 0 Å². The van der Waals surface area contributed by atoms with Crippen LogP contribution in [0.1, 0.15) is 5.56 Å². The zero-order valence-corrected chi connectivity index (χ0v) is 10.8. The molecule has 0 aliphatic carbocycles. The Morgan fingerprint density at radius 3 is 2.55 bits per heavy atom. The lowest BCUT2D eigenvalue weighted by Gasteiger charge is -2.26. The summed E-state index contributed by atoms with van der Waals surface area (Å²) in [5.74, 6) is -0.537. The molecular weight excluding hydrogens is 262 g/mol. The number of fused-ring (bicyclic) bond motifs is 1. The van der Waals surface area contributed by atoms with Crippen LogP contribution in [-0.4, -0.2) is 41.4 Å². The molecule has 0 saturated carbocycles. The highest BCUT2D eigenvalue weighted by molar-refractivity contribution is 5.80. The van der Waals surface area contributed by atoms with Crippen molar-refractivity contribution in [1.82, 2.24) is 4.90 Å². The maximum Gasteiger partial charge on any atom is 0.340 e. The smallest absolute Gasteiger partial charge is 0.340 e. The minimum Gasteiger partial charge on any atom is -0.504 e. The lowest BCUT2D eigenvalue weighted by molar-refractivity contribution is 0.0338. The second kappa shape index (κ2) is 5.15. The molecule has 2 N–H and O–H groups in total. The van der Waals surface area contributed by atoms with E-state index in [1.54, 1.807) is 6.07 Å². The molecule has 106 valence electrons. The molecule has 20 heavy (non-hydrogen) atoms. The zero-order chi connectivity index (χ0) is 14.1. The molecule has 0 bridgehead atoms. The van der Waals surface area contributed by atoms with Gasteiger partial charge in [-0.3, -0.25) is 4.90 Å². The van der Waals surface area contributed by atoms with Crippen molar-refractivity contribution >= 4 is 11.0 Å². The Bertz CT molecular complexity index is 688. The van der Waals surface area contributed by atoms with E-state index in [2.05, 4.69) is 4.90 Å². The number of phenols is 2. The highest BCUT2D eigenvalue weighted by atomic mass is 16.5. The average molecular weight is 277 g/mol. The molecule has 1 aromatic carbocycles. The maximum atomic E-state index is 11.9. The van der Waals surface area contributed by atoms with Crippen molar-refractivity contribution in [2.24, 2.45) is 0 Å². The Labute approximate surface area is 114 Å². The Kier molecular flexibility index (Phi) is 3.33. The standard InChI is InChI=1S/C14H15NO5/c16-11-6-9-5-10(8-15-1-3-19-4-2-15)14(18)20-13(9)7-12(11)17/h5-7,16-17H,1-4,8H2. The predicted molar refractivity (Wildman–Crippen MR) is 71.9 cm³/mol. The third-order valence-electron chi connectivity index (χ3n) is 3.40. The molecule has 0 amide bonds. The summed E-state index contributed by atoms with van der Waals surface area (Å²) in [7, 11) is 0. The average Bonchev–Trinajstić information content (AvgIpc) is 2.43. The van der Waals surface area contributed by atoms with Crippen LogP contribution in [0.5, 0.6) is 11.5 Å². The zero-order valence-electron chi connectivity index (χ0n) is 10.8. The molecule has 1 saturated heterocycles. The molecule has 3 rings (SSSR count). The first-order chi connectivity index (χ1) is 9.63. The van der Waals surface area contributed by atoms with E-state index >= 15 is 0 Å². The van der Waals surface area contributed by atoms with Crippen LogP contribution in [0.3, 0.4) is 0 Å². The van der Waals surface area contributed by atoms with Crippen molar-refractivity contribution < 1.29 is 19.4 Å². The van der Waals surface area contributed by atoms with Crippen molar-refractivity contribution in [2.45, 2.75) is 6.54 Å². The second-order valence-electron chi connectivity index (χ2n) is 4.83. The number of nitrogens with zero attached hydrogens (tertiary/aromatic N) is 1. The first-order valence-electron chi connectivity index (χ1n) is 6.42. The summed E-state index contributed by atoms with van der Waals surface area (Å²) in [4.78, 5) is 14.0. The number of phenolic OH excluding ortho intramolecular Hbond substituents is 2. The molecule has 2 aromatic rings. The van der Waals surface area contributed by atoms with E-state index < -0.39 is 5.63 Å². The molecule has 6 heteroatoms. The number of hydrogen-bond donors (Lipinski definition) is 2. The summed E-state index contributed by atoms with van der Waals surface area (Å²) < 4.78 is 10.4. The quantitative estimate of drug-likeness (QED) is 0.630. The second-order valence-corrected chi connectivity index (χ2v) is 4.83. The van der Waals surface area contributed by atoms with Gasteiger partial charge in [0.25, 0.3) is 0 Å². The van der Waals surface area contributed by atoms with Gasteiger partial charge in [0.1, 0.15) is 5.58 Å². The molecule has 1 fully saturated rings. The normalized spacial score (nSPS) is 16.6. The number of benzene rings is 1. The van der Waals surface area contributed by atoms with Crippen molar-refractivity contribution in [3.8, 4) is 11.5 Å². The minimum atomic E-state index is -0.422. The van der Waals surface area contributed by atoms with Crippen LogP contribution in [0.4, 0.5) is 0 Å². The van der Waals surface area contributed by atoms with E-state index in [4.69, 9.17) is 9.15 Å². The molecule has 0 spiro atoms. The van der Waals surface area contributed by atoms with Gasteiger partial charge in [0.05, 0.1) is 18.8 Å². The van der Waals surface area contributed by atoms with Gasteiger partial charge in [0, 0.05) is 31.1 Å². The fourth-order valence-electron chi connectivity index (χ4n) is 2.30. The number of ether oxygens (including phenoxy) is 1. The van der Waals surface area contributed by atoms with Crippen LogP contribution in [0, 0.1) is 0 Å². The fourth-order valence-corrected chi connectivity index (χ4v) is 2.30. The fraction of sp³-hybridized carbons (Fsp3) is 0.357. The van der Waals surface area contributed by atoms with E-state index in [1.165, 1.54) is 12.1 Å². The molecule has 1 aliphatic heterocycles. The lowest BCUT2D eigenvalue weighted by atomic mass is 10.1. The third kappa shape index (κ3) is 2.48. The van der Waals surface area contributed by atoms with E-state index in [9.17, 15) is 15.0 Å². The molecule has 0 unspecified atom stereocenters. The maximum absolute atomic E-state index is 11.9. The largest absolute Gasteiger partial charge is 0.504 e. The first-order valence-corrected chi connectivity index (χ1v) is 6.42. The molecule has 0 atom stereocenters. The van der Waals surface area contributed by atoms with E-state index in [1.807, 2.05) is 0 Å². The minimum absolute atomic E-state index is 0.233. The van der Waals surface area contributed by atoms with Gasteiger partial charge in [0.15, 0.2) is 11.5 Å². The Morgan fingerprint density at radius 2 is 1.80 bits per heavy atom. The van der Waals surface area contributed by atoms with Crippen LogP contribution in [0.25, 0.3) is 11.0 Å². The summed E-state index contributed by atoms with van der Waals surface area (Å²) in [6.45, 7) is 3.36. The van der Waals surface area contributed by atoms with Crippen molar-refractivity contribution in [1.29, 1.82) is 0 Å². The lowest BCUT2D eigenvalue weighted by Crippen LogP contribution is -2.36. The molecule has 1 aliphatic rings. The summed E-state index contributed by atoms with van der Waals surface area (Å²) in [5.41, 5.74) is 0.370. The number of morpholine rings is 1. The van der Waals surface area contributed by atoms with Crippen molar-refractivity contribution in [2.75, 3.05) is 26.3 Å².